The van der Waals surface area contributed by atoms with Gasteiger partial charge in [-0.25, -0.2) is 9.97 Å². The Morgan fingerprint density at radius 3 is 2.83 bits per heavy atom. The highest BCUT2D eigenvalue weighted by Crippen LogP contribution is 2.42. The Morgan fingerprint density at radius 1 is 1.25 bits per heavy atom. The second kappa shape index (κ2) is 6.75. The first kappa shape index (κ1) is 15.9. The third kappa shape index (κ3) is 3.16. The maximum Gasteiger partial charge on any atom is 0.154 e. The summed E-state index contributed by atoms with van der Waals surface area (Å²) in [5.41, 5.74) is 2.15. The minimum Gasteiger partial charge on any atom is -0.310 e. The van der Waals surface area contributed by atoms with Crippen LogP contribution < -0.4 is 0 Å². The van der Waals surface area contributed by atoms with Crippen LogP contribution in [0.15, 0.2) is 47.8 Å². The van der Waals surface area contributed by atoms with Gasteiger partial charge in [-0.15, -0.1) is 0 Å². The van der Waals surface area contributed by atoms with Gasteiger partial charge in [0.25, 0.3) is 0 Å². The van der Waals surface area contributed by atoms with Crippen LogP contribution >= 0.6 is 23.6 Å². The number of aryl methyl sites for hydroxylation is 1. The molecule has 24 heavy (non-hydrogen) atoms. The van der Waals surface area contributed by atoms with Crippen LogP contribution in [0.4, 0.5) is 0 Å². The molecule has 6 heteroatoms. The van der Waals surface area contributed by atoms with Crippen LogP contribution in [0.3, 0.4) is 0 Å². The van der Waals surface area contributed by atoms with E-state index < -0.39 is 0 Å². The van der Waals surface area contributed by atoms with Gasteiger partial charge in [0.2, 0.25) is 0 Å². The largest absolute Gasteiger partial charge is 0.310 e. The van der Waals surface area contributed by atoms with Gasteiger partial charge >= 0.3 is 0 Å². The number of aromatic nitrogens is 3. The smallest absolute Gasteiger partial charge is 0.154 e. The van der Waals surface area contributed by atoms with E-state index in [0.29, 0.717) is 17.0 Å². The highest BCUT2D eigenvalue weighted by Gasteiger charge is 2.33. The molecule has 1 aliphatic rings. The van der Waals surface area contributed by atoms with Crippen LogP contribution in [0.1, 0.15) is 30.1 Å². The van der Waals surface area contributed by atoms with E-state index in [4.69, 9.17) is 15.8 Å². The molecule has 0 N–H and O–H groups in total. The average Bonchev–Trinajstić information content (AvgIpc) is 2.96. The number of hydrogen-bond donors (Lipinski definition) is 0. The Bertz CT molecular complexity index is 843. The molecule has 0 atom stereocenters. The third-order valence-electron chi connectivity index (χ3n) is 4.52. The van der Waals surface area contributed by atoms with E-state index >= 15 is 0 Å². The quantitative estimate of drug-likeness (QED) is 0.607. The topological polar surface area (TPSA) is 39.4 Å². The average molecular weight is 360 g/mol. The lowest BCUT2D eigenvalue weighted by Crippen LogP contribution is -2.26. The number of fused-ring (bicyclic) bond motifs is 1. The summed E-state index contributed by atoms with van der Waals surface area (Å²) in [6.07, 6.45) is 7.67. The fourth-order valence-electron chi connectivity index (χ4n) is 3.09. The summed E-state index contributed by atoms with van der Waals surface area (Å²) < 4.78 is 7.85. The Morgan fingerprint density at radius 2 is 2.04 bits per heavy atom. The van der Waals surface area contributed by atoms with Crippen molar-refractivity contribution in [2.24, 2.45) is 5.92 Å². The van der Waals surface area contributed by atoms with Gasteiger partial charge in [-0.05, 0) is 37.8 Å². The van der Waals surface area contributed by atoms with E-state index in [1.165, 1.54) is 17.6 Å². The molecule has 1 aromatic carbocycles. The summed E-state index contributed by atoms with van der Waals surface area (Å²) in [4.78, 5) is 9.79. The lowest BCUT2D eigenvalue weighted by Gasteiger charge is -2.33. The predicted molar refractivity (Wildman–Crippen MR) is 96.5 cm³/mol. The molecule has 2 heterocycles. The highest BCUT2D eigenvalue weighted by atomic mass is 35.5. The van der Waals surface area contributed by atoms with Crippen molar-refractivity contribution < 1.29 is 4.18 Å². The van der Waals surface area contributed by atoms with Crippen LogP contribution in [-0.4, -0.2) is 21.0 Å². The van der Waals surface area contributed by atoms with Gasteiger partial charge in [0, 0.05) is 35.2 Å². The van der Waals surface area contributed by atoms with Gasteiger partial charge in [0.05, 0.1) is 12.8 Å². The van der Waals surface area contributed by atoms with Gasteiger partial charge in [-0.2, -0.15) is 0 Å². The normalized spacial score (nSPS) is 20.2. The number of imidazole rings is 1. The molecule has 0 bridgehead atoms. The van der Waals surface area contributed by atoms with E-state index in [2.05, 4.69) is 45.6 Å². The van der Waals surface area contributed by atoms with Crippen molar-refractivity contribution in [2.45, 2.75) is 30.6 Å². The Kier molecular flexibility index (Phi) is 4.48. The zero-order valence-electron chi connectivity index (χ0n) is 13.4. The minimum atomic E-state index is 0.476. The van der Waals surface area contributed by atoms with E-state index in [9.17, 15) is 0 Å². The maximum atomic E-state index is 6.11. The molecule has 124 valence electrons. The van der Waals surface area contributed by atoms with Crippen molar-refractivity contribution in [2.75, 3.05) is 6.61 Å². The van der Waals surface area contributed by atoms with E-state index in [1.54, 1.807) is 6.20 Å². The molecule has 1 fully saturated rings. The van der Waals surface area contributed by atoms with Gasteiger partial charge in [0.15, 0.2) is 5.15 Å². The highest BCUT2D eigenvalue weighted by molar-refractivity contribution is 7.94. The van der Waals surface area contributed by atoms with Crippen LogP contribution in [0.2, 0.25) is 5.15 Å². The van der Waals surface area contributed by atoms with Crippen molar-refractivity contribution in [3.05, 3.63) is 59.4 Å². The number of halogens is 1. The molecule has 1 saturated carbocycles. The van der Waals surface area contributed by atoms with E-state index in [1.807, 2.05) is 12.4 Å². The molecule has 0 unspecified atom stereocenters. The van der Waals surface area contributed by atoms with Gasteiger partial charge in [-0.3, -0.25) is 4.40 Å². The first-order chi connectivity index (χ1) is 11.7. The molecule has 4 rings (SSSR count). The summed E-state index contributed by atoms with van der Waals surface area (Å²) >= 11 is 7.57. The Hall–Kier alpha value is -1.56. The molecular weight excluding hydrogens is 342 g/mol. The number of benzene rings is 1. The standard InChI is InChI=1S/C18H18ClN3OS/c1-12-2-4-15(5-3-12)24-23-11-13-8-14(9-13)18-21-10-16-17(19)20-6-7-22(16)18/h2-7,10,13-14H,8-9,11H2,1H3. The van der Waals surface area contributed by atoms with E-state index in [0.717, 1.165) is 35.7 Å². The van der Waals surface area contributed by atoms with Crippen LogP contribution in [0.5, 0.6) is 0 Å². The fourth-order valence-corrected chi connectivity index (χ4v) is 3.93. The molecule has 0 radical (unpaired) electrons. The second-order valence-corrected chi connectivity index (χ2v) is 7.54. The Labute approximate surface area is 150 Å². The minimum absolute atomic E-state index is 0.476. The molecule has 0 amide bonds. The zero-order chi connectivity index (χ0) is 16.5. The summed E-state index contributed by atoms with van der Waals surface area (Å²) in [5, 5.41) is 0.505. The van der Waals surface area contributed by atoms with Gasteiger partial charge < -0.3 is 4.18 Å². The first-order valence-electron chi connectivity index (χ1n) is 8.04. The van der Waals surface area contributed by atoms with Crippen molar-refractivity contribution in [3.63, 3.8) is 0 Å². The van der Waals surface area contributed by atoms with Crippen molar-refractivity contribution in [1.82, 2.24) is 14.4 Å². The molecule has 3 aromatic rings. The van der Waals surface area contributed by atoms with Crippen molar-refractivity contribution in [3.8, 4) is 0 Å². The molecule has 4 nitrogen and oxygen atoms in total. The monoisotopic (exact) mass is 359 g/mol. The second-order valence-electron chi connectivity index (χ2n) is 6.30. The number of nitrogens with zero attached hydrogens (tertiary/aromatic N) is 3. The third-order valence-corrected chi connectivity index (χ3v) is 5.53. The summed E-state index contributed by atoms with van der Waals surface area (Å²) in [5.74, 6) is 2.15. The Balaban J connectivity index is 1.30. The fraction of sp³-hybridized carbons (Fsp3) is 0.333. The molecule has 0 aliphatic heterocycles. The number of rotatable bonds is 5. The molecule has 0 saturated heterocycles. The molecular formula is C18H18ClN3OS. The van der Waals surface area contributed by atoms with Gasteiger partial charge in [-0.1, -0.05) is 29.3 Å². The van der Waals surface area contributed by atoms with Crippen molar-refractivity contribution in [1.29, 1.82) is 0 Å². The first-order valence-corrected chi connectivity index (χ1v) is 9.16. The molecule has 1 aliphatic carbocycles. The van der Waals surface area contributed by atoms with Crippen molar-refractivity contribution >= 4 is 29.2 Å². The van der Waals surface area contributed by atoms with E-state index in [-0.39, 0.29) is 0 Å². The lowest BCUT2D eigenvalue weighted by atomic mass is 9.75. The number of hydrogen-bond acceptors (Lipinski definition) is 4. The predicted octanol–water partition coefficient (Wildman–Crippen LogP) is 4.91. The summed E-state index contributed by atoms with van der Waals surface area (Å²) in [6, 6.07) is 8.40. The van der Waals surface area contributed by atoms with Crippen LogP contribution in [0.25, 0.3) is 5.52 Å². The van der Waals surface area contributed by atoms with Crippen LogP contribution in [-0.2, 0) is 4.18 Å². The molecule has 0 spiro atoms. The SMILES string of the molecule is Cc1ccc(SOCC2CC(c3ncc4c(Cl)nccn34)C2)cc1. The van der Waals surface area contributed by atoms with Crippen LogP contribution in [0, 0.1) is 12.8 Å². The molecule has 2 aromatic heterocycles. The summed E-state index contributed by atoms with van der Waals surface area (Å²) in [7, 11) is 0. The summed E-state index contributed by atoms with van der Waals surface area (Å²) in [6.45, 7) is 2.87. The zero-order valence-corrected chi connectivity index (χ0v) is 14.9. The maximum absolute atomic E-state index is 6.11. The lowest BCUT2D eigenvalue weighted by molar-refractivity contribution is 0.171. The van der Waals surface area contributed by atoms with Gasteiger partial charge in [0.1, 0.15) is 11.3 Å².